The second kappa shape index (κ2) is 4.05. The fourth-order valence-corrected chi connectivity index (χ4v) is 2.30. The summed E-state index contributed by atoms with van der Waals surface area (Å²) >= 11 is 0. The van der Waals surface area contributed by atoms with Crippen molar-refractivity contribution in [2.24, 2.45) is 5.10 Å². The van der Waals surface area contributed by atoms with Crippen LogP contribution in [0.4, 0.5) is 0 Å². The molecule has 0 aromatic carbocycles. The van der Waals surface area contributed by atoms with E-state index in [4.69, 9.17) is 0 Å². The number of hydrogen-bond acceptors (Lipinski definition) is 1. The summed E-state index contributed by atoms with van der Waals surface area (Å²) in [6.45, 7) is 11.2. The Morgan fingerprint density at radius 3 is 2.59 bits per heavy atom. The Bertz CT molecular complexity index is 516. The van der Waals surface area contributed by atoms with E-state index in [0.717, 1.165) is 0 Å². The first-order chi connectivity index (χ1) is 7.91. The molecule has 1 aromatic rings. The second-order valence-electron chi connectivity index (χ2n) is 5.85. The van der Waals surface area contributed by atoms with Gasteiger partial charge in [-0.25, -0.2) is 4.68 Å². The van der Waals surface area contributed by atoms with E-state index in [9.17, 15) is 0 Å². The standard InChI is InChI=1S/C15H20N2/c1-11(2)12-10-17-13(8-6-7-9-16-17)14(12)15(3,4)5/h6-8,10-11H,1-5H3. The first-order valence-corrected chi connectivity index (χ1v) is 6.13. The van der Waals surface area contributed by atoms with Crippen molar-refractivity contribution in [2.45, 2.75) is 46.0 Å². The largest absolute Gasteiger partial charge is 0.232 e. The number of allylic oxidation sites excluding steroid dienone is 2. The molecule has 0 atom stereocenters. The van der Waals surface area contributed by atoms with Crippen LogP contribution < -0.4 is 0 Å². The number of nitrogens with zero attached hydrogens (tertiary/aromatic N) is 2. The molecule has 0 saturated heterocycles. The summed E-state index contributed by atoms with van der Waals surface area (Å²) < 4.78 is 1.94. The van der Waals surface area contributed by atoms with E-state index < -0.39 is 0 Å². The number of fused-ring (bicyclic) bond motifs is 1. The van der Waals surface area contributed by atoms with Gasteiger partial charge in [-0.1, -0.05) is 40.7 Å². The number of hydrogen-bond donors (Lipinski definition) is 0. The monoisotopic (exact) mass is 228 g/mol. The molecule has 0 N–H and O–H groups in total. The van der Waals surface area contributed by atoms with Crippen LogP contribution >= 0.6 is 0 Å². The molecule has 0 bridgehead atoms. The highest BCUT2D eigenvalue weighted by atomic mass is 15.3. The van der Waals surface area contributed by atoms with Crippen molar-refractivity contribution in [3.8, 4) is 0 Å². The fraction of sp³-hybridized carbons (Fsp3) is 0.467. The van der Waals surface area contributed by atoms with Crippen LogP contribution in [0.5, 0.6) is 0 Å². The normalized spacial score (nSPS) is 14.2. The summed E-state index contributed by atoms with van der Waals surface area (Å²) in [6, 6.07) is 0. The van der Waals surface area contributed by atoms with Crippen molar-refractivity contribution in [1.29, 1.82) is 0 Å². The molecule has 90 valence electrons. The third-order valence-corrected chi connectivity index (χ3v) is 3.02. The van der Waals surface area contributed by atoms with Crippen molar-refractivity contribution in [1.82, 2.24) is 4.68 Å². The van der Waals surface area contributed by atoms with Gasteiger partial charge in [0, 0.05) is 18.1 Å². The Morgan fingerprint density at radius 1 is 1.29 bits per heavy atom. The molecule has 0 amide bonds. The molecule has 17 heavy (non-hydrogen) atoms. The van der Waals surface area contributed by atoms with Crippen molar-refractivity contribution in [2.75, 3.05) is 0 Å². The molecule has 0 spiro atoms. The lowest BCUT2D eigenvalue weighted by Gasteiger charge is -2.22. The van der Waals surface area contributed by atoms with Crippen LogP contribution in [-0.2, 0) is 5.41 Å². The first-order valence-electron chi connectivity index (χ1n) is 6.13. The van der Waals surface area contributed by atoms with Crippen LogP contribution in [0.2, 0.25) is 0 Å². The fourth-order valence-electron chi connectivity index (χ4n) is 2.30. The summed E-state index contributed by atoms with van der Waals surface area (Å²) in [4.78, 5) is 0. The van der Waals surface area contributed by atoms with Crippen LogP contribution in [0.15, 0.2) is 23.5 Å². The van der Waals surface area contributed by atoms with E-state index in [0.29, 0.717) is 5.92 Å². The molecule has 0 fully saturated rings. The van der Waals surface area contributed by atoms with Gasteiger partial charge in [-0.05, 0) is 28.5 Å². The maximum absolute atomic E-state index is 4.31. The van der Waals surface area contributed by atoms with E-state index in [1.807, 2.05) is 16.8 Å². The molecule has 0 unspecified atom stereocenters. The Hall–Kier alpha value is -1.53. The minimum absolute atomic E-state index is 0.129. The Balaban J connectivity index is 2.72. The zero-order chi connectivity index (χ0) is 12.6. The van der Waals surface area contributed by atoms with Gasteiger partial charge in [-0.15, -0.1) is 5.10 Å². The van der Waals surface area contributed by atoms with Gasteiger partial charge in [-0.3, -0.25) is 0 Å². The van der Waals surface area contributed by atoms with E-state index in [1.165, 1.54) is 16.8 Å². The molecule has 1 aliphatic rings. The molecule has 0 aliphatic carbocycles. The summed E-state index contributed by atoms with van der Waals surface area (Å²) in [5.74, 6) is 3.42. The first kappa shape index (κ1) is 11.9. The van der Waals surface area contributed by atoms with Crippen molar-refractivity contribution in [3.05, 3.63) is 35.2 Å². The number of rotatable bonds is 1. The lowest BCUT2D eigenvalue weighted by Crippen LogP contribution is -2.15. The van der Waals surface area contributed by atoms with Crippen molar-refractivity contribution in [3.63, 3.8) is 0 Å². The highest BCUT2D eigenvalue weighted by Gasteiger charge is 2.26. The Labute approximate surface area is 103 Å². The zero-order valence-electron chi connectivity index (χ0n) is 11.3. The molecule has 0 saturated carbocycles. The van der Waals surface area contributed by atoms with E-state index in [-0.39, 0.29) is 5.41 Å². The summed E-state index contributed by atoms with van der Waals surface area (Å²) in [5.41, 5.74) is 4.08. The van der Waals surface area contributed by atoms with E-state index >= 15 is 0 Å². The van der Waals surface area contributed by atoms with Crippen LogP contribution in [0.3, 0.4) is 0 Å². The molecule has 1 aromatic heterocycles. The molecule has 0 radical (unpaired) electrons. The van der Waals surface area contributed by atoms with Gasteiger partial charge in [-0.2, -0.15) is 0 Å². The van der Waals surface area contributed by atoms with Gasteiger partial charge in [0.25, 0.3) is 0 Å². The van der Waals surface area contributed by atoms with E-state index in [2.05, 4.69) is 57.9 Å². The molecular weight excluding hydrogens is 208 g/mol. The quantitative estimate of drug-likeness (QED) is 0.693. The summed E-state index contributed by atoms with van der Waals surface area (Å²) in [7, 11) is 0. The van der Waals surface area contributed by atoms with Gasteiger partial charge in [0.05, 0.1) is 5.69 Å². The van der Waals surface area contributed by atoms with Crippen molar-refractivity contribution < 1.29 is 0 Å². The predicted octanol–water partition coefficient (Wildman–Crippen LogP) is 3.92. The minimum atomic E-state index is 0.129. The molecule has 2 rings (SSSR count). The van der Waals surface area contributed by atoms with Gasteiger partial charge < -0.3 is 0 Å². The van der Waals surface area contributed by atoms with Crippen LogP contribution in [0.25, 0.3) is 6.08 Å². The highest BCUT2D eigenvalue weighted by molar-refractivity contribution is 5.65. The summed E-state index contributed by atoms with van der Waals surface area (Å²) in [5, 5.41) is 4.31. The molecule has 2 heteroatoms. The predicted molar refractivity (Wildman–Crippen MR) is 73.7 cm³/mol. The minimum Gasteiger partial charge on any atom is -0.232 e. The molecule has 1 aliphatic heterocycles. The number of aromatic nitrogens is 1. The third kappa shape index (κ3) is 2.13. The molecule has 2 nitrogen and oxygen atoms in total. The second-order valence-corrected chi connectivity index (χ2v) is 5.85. The maximum atomic E-state index is 4.31. The van der Waals surface area contributed by atoms with Crippen LogP contribution in [-0.4, -0.2) is 10.5 Å². The van der Waals surface area contributed by atoms with Gasteiger partial charge in [0.1, 0.15) is 0 Å². The van der Waals surface area contributed by atoms with Crippen molar-refractivity contribution >= 4 is 11.9 Å². The lowest BCUT2D eigenvalue weighted by molar-refractivity contribution is 0.576. The van der Waals surface area contributed by atoms with Crippen LogP contribution in [0, 0.1) is 0 Å². The summed E-state index contributed by atoms with van der Waals surface area (Å²) in [6.07, 6.45) is 8.10. The SMILES string of the molecule is CC(C)c1cn2c(c1C(C)(C)C)C=CC=C=N2. The van der Waals surface area contributed by atoms with Gasteiger partial charge >= 0.3 is 0 Å². The average Bonchev–Trinajstić information content (AvgIpc) is 2.43. The van der Waals surface area contributed by atoms with Crippen LogP contribution in [0.1, 0.15) is 57.4 Å². The maximum Gasteiger partial charge on any atom is 0.0693 e. The van der Waals surface area contributed by atoms with Gasteiger partial charge in [0.2, 0.25) is 0 Å². The Kier molecular flexibility index (Phi) is 2.84. The highest BCUT2D eigenvalue weighted by Crippen LogP contribution is 2.35. The Morgan fingerprint density at radius 2 is 2.00 bits per heavy atom. The molecular formula is C15H20N2. The van der Waals surface area contributed by atoms with Gasteiger partial charge in [0.15, 0.2) is 0 Å². The molecule has 2 heterocycles. The lowest BCUT2D eigenvalue weighted by atomic mass is 9.81. The smallest absolute Gasteiger partial charge is 0.0693 e. The zero-order valence-corrected chi connectivity index (χ0v) is 11.3. The van der Waals surface area contributed by atoms with E-state index in [1.54, 1.807) is 0 Å². The topological polar surface area (TPSA) is 17.3 Å². The third-order valence-electron chi connectivity index (χ3n) is 3.02. The average molecular weight is 228 g/mol.